The van der Waals surface area contributed by atoms with Crippen LogP contribution in [0.2, 0.25) is 0 Å². The van der Waals surface area contributed by atoms with Crippen molar-refractivity contribution >= 4 is 70.9 Å². The number of amides is 11. The smallest absolute Gasteiger partial charge is 0.305 e. The second kappa shape index (κ2) is 40.0. The summed E-state index contributed by atoms with van der Waals surface area (Å²) in [6, 6.07) is -6.74. The monoisotopic (exact) mass is 1200 g/mol. The Kier molecular flexibility index (Phi) is 34.7. The first kappa shape index (κ1) is 73.7. The quantitative estimate of drug-likeness (QED) is 0.0320. The molecule has 0 bridgehead atoms. The molecule has 0 unspecified atom stereocenters. The van der Waals surface area contributed by atoms with Crippen LogP contribution in [-0.2, 0) is 64.0 Å². The average molecular weight is 1200 g/mol. The van der Waals surface area contributed by atoms with Gasteiger partial charge in [-0.2, -0.15) is 0 Å². The largest absolute Gasteiger partial charge is 0.481 e. The second-order valence-electron chi connectivity index (χ2n) is 21.4. The number of aliphatic carboxylic acids is 1. The van der Waals surface area contributed by atoms with Crippen molar-refractivity contribution in [2.24, 2.45) is 34.6 Å². The number of nitrogens with one attached hydrogen (secondary N) is 11. The molecule has 0 radical (unpaired) electrons. The van der Waals surface area contributed by atoms with E-state index >= 15 is 0 Å². The van der Waals surface area contributed by atoms with Crippen LogP contribution in [0.5, 0.6) is 0 Å². The summed E-state index contributed by atoms with van der Waals surface area (Å²) in [5.41, 5.74) is 29.8. The third kappa shape index (κ3) is 27.5. The normalized spacial score (nSPS) is 22.1. The van der Waals surface area contributed by atoms with Gasteiger partial charge in [-0.25, -0.2) is 0 Å². The number of rotatable bonds is 30. The number of carbonyl (C=O) groups excluding carboxylic acids is 11. The Balaban J connectivity index is 2.70. The number of aliphatic hydroxyl groups excluding tert-OH is 1. The van der Waals surface area contributed by atoms with Crippen LogP contribution in [0.15, 0.2) is 30.3 Å². The predicted molar refractivity (Wildman–Crippen MR) is 312 cm³/mol. The highest BCUT2D eigenvalue weighted by Gasteiger charge is 2.37. The molecule has 1 aromatic carbocycles. The zero-order valence-electron chi connectivity index (χ0n) is 49.3. The molecule has 11 amide bonds. The SMILES string of the molecule is CCCCCCCC(=O)N[C@@H](CCN)C(=O)N[C@H](C(=O)N[C@@H](CCN)C(=O)N[C@H]1CCNC(=O)[C@H](CC(=O)O)NC(=O)[C@H](CCN)NC(=O)[C@H](CCN)NC(=O)[C@H](CC(C)C)NC(=O)[C@@H](Cc2ccccc2)NC(=O)[C@H](CCN)NC1=O)[C@@H](C)O. The molecule has 11 atom stereocenters. The van der Waals surface area contributed by atoms with Crippen molar-refractivity contribution in [3.63, 3.8) is 0 Å². The topological polar surface area (TPSA) is 508 Å². The van der Waals surface area contributed by atoms with Crippen molar-refractivity contribution in [3.8, 4) is 0 Å². The minimum atomic E-state index is -1.82. The number of carboxylic acids is 1. The standard InChI is InChI=1S/C55H94N16O14/c1-5-6-7-8-12-15-43(73)62-34(16-22-56)52(82)71-45(32(4)72)55(85)67-38(20-26-60)48(78)66-39-21-27-61-46(76)42(30-44(74)75)70-50(80)37(19-25-59)63-47(77)35(17-23-57)65-53(83)40(28-31(2)3)68-54(84)41(29-33-13-10-9-11-14-33)69-49(79)36(18-24-58)64-51(39)81/h9-11,13-14,31-32,34-42,45,72H,5-8,12,15-30,56-60H2,1-4H3,(H,61,76)(H,62,73)(H,63,77)(H,64,81)(H,65,83)(H,66,78)(H,67,85)(H,68,84)(H,69,79)(H,70,80)(H,71,82)(H,74,75)/t32-,34+,35+,36+,37+,38+,39+,40+,41-,42+,45+/m1/s1. The minimum Gasteiger partial charge on any atom is -0.481 e. The molecule has 30 heteroatoms. The van der Waals surface area contributed by atoms with E-state index in [-0.39, 0.29) is 90.0 Å². The summed E-state index contributed by atoms with van der Waals surface area (Å²) in [7, 11) is 0. The number of unbranched alkanes of at least 4 members (excludes halogenated alkanes) is 4. The number of carboxylic acid groups (broad SMARTS) is 1. The second-order valence-corrected chi connectivity index (χ2v) is 21.4. The molecule has 1 aliphatic rings. The van der Waals surface area contributed by atoms with Crippen LogP contribution < -0.4 is 87.2 Å². The van der Waals surface area contributed by atoms with Gasteiger partial charge in [-0.1, -0.05) is 76.8 Å². The highest BCUT2D eigenvalue weighted by Crippen LogP contribution is 2.12. The highest BCUT2D eigenvalue weighted by atomic mass is 16.4. The maximum Gasteiger partial charge on any atom is 0.305 e. The Hall–Kier alpha value is -7.38. The lowest BCUT2D eigenvalue weighted by Crippen LogP contribution is -2.62. The van der Waals surface area contributed by atoms with Crippen molar-refractivity contribution < 1.29 is 67.7 Å². The lowest BCUT2D eigenvalue weighted by atomic mass is 10.00. The van der Waals surface area contributed by atoms with Crippen molar-refractivity contribution in [1.82, 2.24) is 58.5 Å². The van der Waals surface area contributed by atoms with Crippen molar-refractivity contribution in [1.29, 1.82) is 0 Å². The van der Waals surface area contributed by atoms with Gasteiger partial charge in [0, 0.05) is 19.4 Å². The number of hydrogen-bond donors (Lipinski definition) is 18. The number of benzene rings is 1. The molecule has 1 saturated heterocycles. The van der Waals surface area contributed by atoms with Crippen LogP contribution in [0.3, 0.4) is 0 Å². The maximum absolute atomic E-state index is 14.5. The van der Waals surface area contributed by atoms with E-state index in [0.29, 0.717) is 12.0 Å². The lowest BCUT2D eigenvalue weighted by Gasteiger charge is -2.29. The van der Waals surface area contributed by atoms with Gasteiger partial charge in [0.15, 0.2) is 0 Å². The molecule has 478 valence electrons. The summed E-state index contributed by atoms with van der Waals surface area (Å²) in [6.45, 7) is 5.40. The van der Waals surface area contributed by atoms with Crippen molar-refractivity contribution in [2.75, 3.05) is 39.3 Å². The molecule has 30 nitrogen and oxygen atoms in total. The van der Waals surface area contributed by atoms with Gasteiger partial charge in [-0.05, 0) is 102 Å². The Morgan fingerprint density at radius 2 is 1.05 bits per heavy atom. The van der Waals surface area contributed by atoms with Crippen LogP contribution in [0.1, 0.15) is 123 Å². The molecule has 1 aliphatic heterocycles. The molecule has 1 fully saturated rings. The molecule has 0 aliphatic carbocycles. The summed E-state index contributed by atoms with van der Waals surface area (Å²) in [6.07, 6.45) is 0.263. The van der Waals surface area contributed by atoms with Gasteiger partial charge in [-0.15, -0.1) is 0 Å². The van der Waals surface area contributed by atoms with E-state index in [1.807, 2.05) is 0 Å². The minimum absolute atomic E-state index is 0.0220. The lowest BCUT2D eigenvalue weighted by molar-refractivity contribution is -0.141. The molecule has 23 N–H and O–H groups in total. The van der Waals surface area contributed by atoms with E-state index in [4.69, 9.17) is 28.7 Å². The number of hydrogen-bond acceptors (Lipinski definition) is 18. The van der Waals surface area contributed by atoms with Gasteiger partial charge in [0.2, 0.25) is 65.0 Å². The maximum atomic E-state index is 14.5. The van der Waals surface area contributed by atoms with E-state index in [0.717, 1.165) is 25.7 Å². The molecule has 1 aromatic rings. The van der Waals surface area contributed by atoms with Gasteiger partial charge >= 0.3 is 5.97 Å². The highest BCUT2D eigenvalue weighted by molar-refractivity contribution is 5.99. The van der Waals surface area contributed by atoms with Crippen LogP contribution >= 0.6 is 0 Å². The fourth-order valence-electron chi connectivity index (χ4n) is 9.04. The molecule has 0 aromatic heterocycles. The first-order valence-electron chi connectivity index (χ1n) is 29.2. The molecular weight excluding hydrogens is 1110 g/mol. The number of nitrogens with two attached hydrogens (primary N) is 5. The van der Waals surface area contributed by atoms with E-state index < -0.39 is 157 Å². The van der Waals surface area contributed by atoms with Crippen LogP contribution in [0, 0.1) is 5.92 Å². The Bertz CT molecular complexity index is 2350. The Labute approximate surface area is 496 Å². The third-order valence-corrected chi connectivity index (χ3v) is 13.7. The summed E-state index contributed by atoms with van der Waals surface area (Å²) in [5, 5.41) is 48.2. The van der Waals surface area contributed by atoms with Gasteiger partial charge in [-0.3, -0.25) is 57.5 Å². The van der Waals surface area contributed by atoms with Crippen LogP contribution in [-0.4, -0.2) is 187 Å². The Morgan fingerprint density at radius 3 is 1.55 bits per heavy atom. The van der Waals surface area contributed by atoms with E-state index in [1.165, 1.54) is 6.92 Å². The molecule has 85 heavy (non-hydrogen) atoms. The first-order valence-corrected chi connectivity index (χ1v) is 29.2. The number of aliphatic hydroxyl groups is 1. The zero-order valence-corrected chi connectivity index (χ0v) is 49.3. The van der Waals surface area contributed by atoms with Gasteiger partial charge in [0.25, 0.3) is 0 Å². The van der Waals surface area contributed by atoms with Gasteiger partial charge < -0.3 is 97.4 Å². The molecule has 0 saturated carbocycles. The molecule has 2 rings (SSSR count). The van der Waals surface area contributed by atoms with Crippen molar-refractivity contribution in [3.05, 3.63) is 35.9 Å². The average Bonchev–Trinajstić information content (AvgIpc) is 3.66. The van der Waals surface area contributed by atoms with Crippen molar-refractivity contribution in [2.45, 2.75) is 191 Å². The van der Waals surface area contributed by atoms with E-state index in [1.54, 1.807) is 44.2 Å². The molecule has 1 heterocycles. The summed E-state index contributed by atoms with van der Waals surface area (Å²) < 4.78 is 0. The molecular formula is C55H94N16O14. The molecule has 0 spiro atoms. The first-order chi connectivity index (χ1) is 40.4. The van der Waals surface area contributed by atoms with E-state index in [9.17, 15) is 67.7 Å². The third-order valence-electron chi connectivity index (χ3n) is 13.7. The number of carbonyl (C=O) groups is 12. The predicted octanol–water partition coefficient (Wildman–Crippen LogP) is -5.40. The van der Waals surface area contributed by atoms with Crippen LogP contribution in [0.25, 0.3) is 0 Å². The van der Waals surface area contributed by atoms with Gasteiger partial charge in [0.05, 0.1) is 12.5 Å². The summed E-state index contributed by atoms with van der Waals surface area (Å²) in [4.78, 5) is 166. The van der Waals surface area contributed by atoms with Gasteiger partial charge in [0.1, 0.15) is 60.4 Å². The summed E-state index contributed by atoms with van der Waals surface area (Å²) in [5.74, 6) is -12.0. The van der Waals surface area contributed by atoms with E-state index in [2.05, 4.69) is 65.4 Å². The fourth-order valence-corrected chi connectivity index (χ4v) is 9.04. The zero-order chi connectivity index (χ0) is 63.6. The Morgan fingerprint density at radius 1 is 0.565 bits per heavy atom. The summed E-state index contributed by atoms with van der Waals surface area (Å²) >= 11 is 0. The fraction of sp³-hybridized carbons (Fsp3) is 0.673. The van der Waals surface area contributed by atoms with Crippen LogP contribution in [0.4, 0.5) is 0 Å².